The molecule has 1 heterocycles. The number of rotatable bonds is 5. The van der Waals surface area contributed by atoms with Gasteiger partial charge in [-0.15, -0.1) is 0 Å². The Morgan fingerprint density at radius 2 is 1.90 bits per heavy atom. The molecule has 1 aliphatic rings. The number of hydrogen-bond acceptors (Lipinski definition) is 3. The van der Waals surface area contributed by atoms with Gasteiger partial charge in [0.05, 0.1) is 12.1 Å². The Hall–Kier alpha value is -1.19. The van der Waals surface area contributed by atoms with Gasteiger partial charge in [-0.1, -0.05) is 31.2 Å². The van der Waals surface area contributed by atoms with Gasteiger partial charge in [-0.3, -0.25) is 9.69 Å². The number of carbonyl (C=O) groups excluding carboxylic acids is 1. The van der Waals surface area contributed by atoms with E-state index in [1.165, 1.54) is 5.56 Å². The molecule has 0 spiro atoms. The summed E-state index contributed by atoms with van der Waals surface area (Å²) in [6.07, 6.45) is 3.40. The van der Waals surface area contributed by atoms with Gasteiger partial charge in [0.25, 0.3) is 0 Å². The number of piperidine rings is 1. The molecule has 1 atom stereocenters. The van der Waals surface area contributed by atoms with E-state index in [1.807, 2.05) is 19.1 Å². The predicted octanol–water partition coefficient (Wildman–Crippen LogP) is 2.93. The Morgan fingerprint density at radius 1 is 1.30 bits per heavy atom. The molecule has 110 valence electrons. The maximum absolute atomic E-state index is 12.5. The number of hydrogen-bond donors (Lipinski definition) is 0. The number of benzene rings is 1. The molecule has 1 saturated heterocycles. The van der Waals surface area contributed by atoms with E-state index in [0.29, 0.717) is 6.10 Å². The minimum absolute atomic E-state index is 0.0414. The molecule has 0 aliphatic carbocycles. The Morgan fingerprint density at radius 3 is 2.40 bits per heavy atom. The monoisotopic (exact) mass is 275 g/mol. The van der Waals surface area contributed by atoms with Crippen molar-refractivity contribution in [3.8, 4) is 0 Å². The summed E-state index contributed by atoms with van der Waals surface area (Å²) in [5.74, 6) is 0.225. The highest BCUT2D eigenvalue weighted by Crippen LogP contribution is 2.18. The van der Waals surface area contributed by atoms with Crippen LogP contribution in [0.1, 0.15) is 42.6 Å². The van der Waals surface area contributed by atoms with Crippen LogP contribution in [0.25, 0.3) is 0 Å². The lowest BCUT2D eigenvalue weighted by Crippen LogP contribution is -2.45. The summed E-state index contributed by atoms with van der Waals surface area (Å²) in [4.78, 5) is 14.8. The van der Waals surface area contributed by atoms with Crippen LogP contribution < -0.4 is 0 Å². The fraction of sp³-hybridized carbons (Fsp3) is 0.588. The first-order chi connectivity index (χ1) is 9.65. The number of Topliss-reactive ketones (excluding diaryl/α,β-unsaturated/α-hetero) is 1. The van der Waals surface area contributed by atoms with Crippen molar-refractivity contribution in [1.82, 2.24) is 4.90 Å². The zero-order chi connectivity index (χ0) is 14.5. The molecule has 1 aromatic carbocycles. The molecule has 0 bridgehead atoms. The van der Waals surface area contributed by atoms with Gasteiger partial charge in [-0.05, 0) is 31.7 Å². The topological polar surface area (TPSA) is 29.5 Å². The molecule has 20 heavy (non-hydrogen) atoms. The molecular weight excluding hydrogens is 250 g/mol. The third-order valence-electron chi connectivity index (χ3n) is 4.38. The summed E-state index contributed by atoms with van der Waals surface area (Å²) in [5.41, 5.74) is 2.10. The maximum Gasteiger partial charge on any atom is 0.179 e. The smallest absolute Gasteiger partial charge is 0.179 e. The second kappa shape index (κ2) is 7.00. The van der Waals surface area contributed by atoms with Crippen molar-refractivity contribution in [2.75, 3.05) is 20.2 Å². The Bertz CT molecular complexity index is 433. The van der Waals surface area contributed by atoms with Crippen LogP contribution in [0.3, 0.4) is 0 Å². The molecule has 0 amide bonds. The fourth-order valence-electron chi connectivity index (χ4n) is 2.81. The van der Waals surface area contributed by atoms with Crippen molar-refractivity contribution >= 4 is 5.78 Å². The molecule has 1 unspecified atom stereocenters. The Balaban J connectivity index is 1.97. The van der Waals surface area contributed by atoms with Crippen LogP contribution >= 0.6 is 0 Å². The first-order valence-electron chi connectivity index (χ1n) is 7.55. The van der Waals surface area contributed by atoms with Crippen molar-refractivity contribution in [2.24, 2.45) is 0 Å². The second-order valence-corrected chi connectivity index (χ2v) is 5.56. The van der Waals surface area contributed by atoms with E-state index >= 15 is 0 Å². The molecule has 0 saturated carbocycles. The highest BCUT2D eigenvalue weighted by atomic mass is 16.5. The normalized spacial score (nSPS) is 18.9. The van der Waals surface area contributed by atoms with Gasteiger partial charge in [0.2, 0.25) is 0 Å². The SMILES string of the molecule is CCc1ccc(C(=O)C(C)N2CCC(OC)CC2)cc1. The van der Waals surface area contributed by atoms with Gasteiger partial charge in [-0.25, -0.2) is 0 Å². The third-order valence-corrected chi connectivity index (χ3v) is 4.38. The van der Waals surface area contributed by atoms with E-state index in [2.05, 4.69) is 24.0 Å². The number of aryl methyl sites for hydroxylation is 1. The van der Waals surface area contributed by atoms with Gasteiger partial charge < -0.3 is 4.74 Å². The van der Waals surface area contributed by atoms with E-state index in [4.69, 9.17) is 4.74 Å². The van der Waals surface area contributed by atoms with Crippen LogP contribution in [0.2, 0.25) is 0 Å². The fourth-order valence-corrected chi connectivity index (χ4v) is 2.81. The Kier molecular flexibility index (Phi) is 5.32. The standard InChI is InChI=1S/C17H25NO2/c1-4-14-5-7-15(8-6-14)17(19)13(2)18-11-9-16(20-3)10-12-18/h5-8,13,16H,4,9-12H2,1-3H3. The molecule has 2 rings (SSSR count). The number of ketones is 1. The first-order valence-corrected chi connectivity index (χ1v) is 7.55. The van der Waals surface area contributed by atoms with E-state index in [-0.39, 0.29) is 11.8 Å². The van der Waals surface area contributed by atoms with Crippen LogP contribution in [0.15, 0.2) is 24.3 Å². The summed E-state index contributed by atoms with van der Waals surface area (Å²) in [7, 11) is 1.77. The highest BCUT2D eigenvalue weighted by molar-refractivity contribution is 5.99. The summed E-state index contributed by atoms with van der Waals surface area (Å²) in [6.45, 7) is 6.03. The quantitative estimate of drug-likeness (QED) is 0.774. The number of methoxy groups -OCH3 is 1. The van der Waals surface area contributed by atoms with E-state index in [1.54, 1.807) is 7.11 Å². The van der Waals surface area contributed by atoms with Crippen molar-refractivity contribution in [3.63, 3.8) is 0 Å². The number of ether oxygens (including phenoxy) is 1. The van der Waals surface area contributed by atoms with Crippen LogP contribution in [-0.4, -0.2) is 43.0 Å². The first kappa shape index (κ1) is 15.2. The molecule has 1 fully saturated rings. The number of likely N-dealkylation sites (tertiary alicyclic amines) is 1. The summed E-state index contributed by atoms with van der Waals surface area (Å²) < 4.78 is 5.38. The van der Waals surface area contributed by atoms with Crippen molar-refractivity contribution in [1.29, 1.82) is 0 Å². The van der Waals surface area contributed by atoms with Crippen LogP contribution in [0, 0.1) is 0 Å². The van der Waals surface area contributed by atoms with Crippen molar-refractivity contribution < 1.29 is 9.53 Å². The van der Waals surface area contributed by atoms with Gasteiger partial charge in [-0.2, -0.15) is 0 Å². The average molecular weight is 275 g/mol. The van der Waals surface area contributed by atoms with E-state index < -0.39 is 0 Å². The van der Waals surface area contributed by atoms with Crippen LogP contribution in [0.5, 0.6) is 0 Å². The molecule has 0 radical (unpaired) electrons. The average Bonchev–Trinajstić information content (AvgIpc) is 2.53. The zero-order valence-electron chi connectivity index (χ0n) is 12.8. The molecular formula is C17H25NO2. The van der Waals surface area contributed by atoms with Crippen molar-refractivity contribution in [3.05, 3.63) is 35.4 Å². The van der Waals surface area contributed by atoms with Gasteiger partial charge in [0.15, 0.2) is 5.78 Å². The summed E-state index contributed by atoms with van der Waals surface area (Å²) >= 11 is 0. The Labute approximate surface area is 121 Å². The maximum atomic E-state index is 12.5. The van der Waals surface area contributed by atoms with Gasteiger partial charge in [0, 0.05) is 25.8 Å². The molecule has 0 N–H and O–H groups in total. The minimum Gasteiger partial charge on any atom is -0.381 e. The van der Waals surface area contributed by atoms with Crippen LogP contribution in [0.4, 0.5) is 0 Å². The highest BCUT2D eigenvalue weighted by Gasteiger charge is 2.26. The third kappa shape index (κ3) is 3.47. The second-order valence-electron chi connectivity index (χ2n) is 5.56. The van der Waals surface area contributed by atoms with E-state index in [9.17, 15) is 4.79 Å². The lowest BCUT2D eigenvalue weighted by atomic mass is 9.99. The zero-order valence-corrected chi connectivity index (χ0v) is 12.8. The molecule has 3 nitrogen and oxygen atoms in total. The number of carbonyl (C=O) groups is 1. The van der Waals surface area contributed by atoms with Crippen molar-refractivity contribution in [2.45, 2.75) is 45.3 Å². The lowest BCUT2D eigenvalue weighted by molar-refractivity contribution is 0.0289. The van der Waals surface area contributed by atoms with Crippen LogP contribution in [-0.2, 0) is 11.2 Å². The lowest BCUT2D eigenvalue weighted by Gasteiger charge is -2.34. The summed E-state index contributed by atoms with van der Waals surface area (Å²) in [5, 5.41) is 0. The predicted molar refractivity (Wildman–Crippen MR) is 81.2 cm³/mol. The molecule has 0 aromatic heterocycles. The molecule has 3 heteroatoms. The summed E-state index contributed by atoms with van der Waals surface area (Å²) in [6, 6.07) is 7.98. The van der Waals surface area contributed by atoms with Gasteiger partial charge >= 0.3 is 0 Å². The number of nitrogens with zero attached hydrogens (tertiary/aromatic N) is 1. The molecule has 1 aliphatic heterocycles. The largest absolute Gasteiger partial charge is 0.381 e. The minimum atomic E-state index is -0.0414. The van der Waals surface area contributed by atoms with Gasteiger partial charge in [0.1, 0.15) is 0 Å². The van der Waals surface area contributed by atoms with E-state index in [0.717, 1.165) is 37.9 Å². The molecule has 1 aromatic rings.